The predicted octanol–water partition coefficient (Wildman–Crippen LogP) is 2.09. The summed E-state index contributed by atoms with van der Waals surface area (Å²) in [5, 5.41) is 2.61. The van der Waals surface area contributed by atoms with Crippen LogP contribution in [0.1, 0.15) is 20.3 Å². The molecule has 0 heterocycles. The molecular formula is C17H23NO5. The first-order chi connectivity index (χ1) is 11.2. The summed E-state index contributed by atoms with van der Waals surface area (Å²) >= 11 is 0. The van der Waals surface area contributed by atoms with Gasteiger partial charge in [-0.05, 0) is 37.6 Å². The maximum absolute atomic E-state index is 11.5. The molecule has 0 aliphatic carbocycles. The highest BCUT2D eigenvalue weighted by atomic mass is 16.5. The number of allylic oxidation sites excluding steroid dienone is 1. The van der Waals surface area contributed by atoms with E-state index in [1.807, 2.05) is 26.0 Å². The Bertz CT molecular complexity index is 510. The number of hydrogen-bond donors (Lipinski definition) is 1. The van der Waals surface area contributed by atoms with Crippen LogP contribution in [0.15, 0.2) is 36.4 Å². The summed E-state index contributed by atoms with van der Waals surface area (Å²) in [7, 11) is 0. The quantitative estimate of drug-likeness (QED) is 0.406. The van der Waals surface area contributed by atoms with Crippen LogP contribution in [0, 0.1) is 0 Å². The van der Waals surface area contributed by atoms with Gasteiger partial charge in [-0.25, -0.2) is 4.79 Å². The van der Waals surface area contributed by atoms with Gasteiger partial charge in [-0.3, -0.25) is 4.79 Å². The number of hydrogen-bond acceptors (Lipinski definition) is 5. The Balaban J connectivity index is 2.15. The number of rotatable bonds is 10. The molecule has 126 valence electrons. The highest BCUT2D eigenvalue weighted by Crippen LogP contribution is 2.17. The van der Waals surface area contributed by atoms with Gasteiger partial charge in [0.25, 0.3) is 5.91 Å². The van der Waals surface area contributed by atoms with Gasteiger partial charge in [-0.2, -0.15) is 0 Å². The van der Waals surface area contributed by atoms with Gasteiger partial charge in [-0.15, -0.1) is 0 Å². The van der Waals surface area contributed by atoms with E-state index >= 15 is 0 Å². The molecule has 23 heavy (non-hydrogen) atoms. The Kier molecular flexibility index (Phi) is 8.97. The Morgan fingerprint density at radius 2 is 1.74 bits per heavy atom. The van der Waals surface area contributed by atoms with Crippen molar-refractivity contribution in [1.82, 2.24) is 5.32 Å². The molecule has 0 aliphatic rings. The molecule has 0 saturated heterocycles. The van der Waals surface area contributed by atoms with Crippen LogP contribution in [0.4, 0.5) is 0 Å². The summed E-state index contributed by atoms with van der Waals surface area (Å²) in [6, 6.07) is 7.24. The zero-order valence-electron chi connectivity index (χ0n) is 13.5. The number of carbonyl (C=O) groups excluding carboxylic acids is 2. The van der Waals surface area contributed by atoms with E-state index in [1.165, 1.54) is 6.08 Å². The molecule has 0 fully saturated rings. The van der Waals surface area contributed by atoms with E-state index in [2.05, 4.69) is 5.32 Å². The Labute approximate surface area is 136 Å². The van der Waals surface area contributed by atoms with Crippen LogP contribution >= 0.6 is 0 Å². The lowest BCUT2D eigenvalue weighted by atomic mass is 10.3. The first-order valence-electron chi connectivity index (χ1n) is 7.61. The minimum atomic E-state index is -0.521. The third-order valence-electron chi connectivity index (χ3n) is 2.66. The number of benzene rings is 1. The summed E-state index contributed by atoms with van der Waals surface area (Å²) < 4.78 is 15.6. The lowest BCUT2D eigenvalue weighted by molar-refractivity contribution is -0.143. The first-order valence-corrected chi connectivity index (χ1v) is 7.61. The van der Waals surface area contributed by atoms with E-state index < -0.39 is 5.97 Å². The van der Waals surface area contributed by atoms with Gasteiger partial charge in [0.2, 0.25) is 0 Å². The molecule has 6 nitrogen and oxygen atoms in total. The molecule has 0 aliphatic heterocycles. The average Bonchev–Trinajstić information content (AvgIpc) is 2.56. The summed E-state index contributed by atoms with van der Waals surface area (Å²) in [5.74, 6) is 0.595. The van der Waals surface area contributed by atoms with Gasteiger partial charge in [0, 0.05) is 6.08 Å². The number of carbonyl (C=O) groups is 2. The van der Waals surface area contributed by atoms with E-state index in [-0.39, 0.29) is 12.5 Å². The lowest BCUT2D eigenvalue weighted by Crippen LogP contribution is -2.31. The van der Waals surface area contributed by atoms with Gasteiger partial charge in [0.1, 0.15) is 18.1 Å². The maximum Gasteiger partial charge on any atom is 0.330 e. The smallest absolute Gasteiger partial charge is 0.330 e. The van der Waals surface area contributed by atoms with Crippen LogP contribution in [-0.4, -0.2) is 38.2 Å². The summed E-state index contributed by atoms with van der Waals surface area (Å²) in [6.45, 7) is 4.80. The fraction of sp³-hybridized carbons (Fsp3) is 0.412. The molecule has 0 bridgehead atoms. The van der Waals surface area contributed by atoms with E-state index in [4.69, 9.17) is 14.2 Å². The van der Waals surface area contributed by atoms with Crippen molar-refractivity contribution in [1.29, 1.82) is 0 Å². The molecule has 6 heteroatoms. The normalized spacial score (nSPS) is 10.3. The maximum atomic E-state index is 11.5. The predicted molar refractivity (Wildman–Crippen MR) is 86.5 cm³/mol. The highest BCUT2D eigenvalue weighted by molar-refractivity contribution is 5.85. The lowest BCUT2D eigenvalue weighted by Gasteiger charge is -2.09. The SMILES string of the molecule is CC/C=C/C(=O)OCC(=O)NCCOc1ccc(OCC)cc1. The Hall–Kier alpha value is -2.50. The molecule has 0 atom stereocenters. The van der Waals surface area contributed by atoms with E-state index in [1.54, 1.807) is 18.2 Å². The van der Waals surface area contributed by atoms with Crippen molar-refractivity contribution in [3.63, 3.8) is 0 Å². The van der Waals surface area contributed by atoms with Crippen molar-refractivity contribution in [2.45, 2.75) is 20.3 Å². The molecule has 0 radical (unpaired) electrons. The molecule has 1 N–H and O–H groups in total. The molecule has 0 saturated carbocycles. The van der Waals surface area contributed by atoms with Gasteiger partial charge in [0.15, 0.2) is 6.61 Å². The van der Waals surface area contributed by atoms with E-state index in [9.17, 15) is 9.59 Å². The summed E-state index contributed by atoms with van der Waals surface area (Å²) in [5.41, 5.74) is 0. The average molecular weight is 321 g/mol. The third kappa shape index (κ3) is 8.50. The van der Waals surface area contributed by atoms with Crippen molar-refractivity contribution in [2.75, 3.05) is 26.4 Å². The standard InChI is InChI=1S/C17H23NO5/c1-3-5-6-17(20)23-13-16(19)18-11-12-22-15-9-7-14(8-10-15)21-4-2/h5-10H,3-4,11-13H2,1-2H3,(H,18,19)/b6-5+. The van der Waals surface area contributed by atoms with Crippen molar-refractivity contribution in [2.24, 2.45) is 0 Å². The molecule has 1 aromatic rings. The Morgan fingerprint density at radius 3 is 2.35 bits per heavy atom. The second kappa shape index (κ2) is 11.1. The van der Waals surface area contributed by atoms with Crippen molar-refractivity contribution >= 4 is 11.9 Å². The molecule has 1 rings (SSSR count). The molecular weight excluding hydrogens is 298 g/mol. The monoisotopic (exact) mass is 321 g/mol. The largest absolute Gasteiger partial charge is 0.494 e. The van der Waals surface area contributed by atoms with Crippen LogP contribution < -0.4 is 14.8 Å². The van der Waals surface area contributed by atoms with Crippen LogP contribution in [-0.2, 0) is 14.3 Å². The summed E-state index contributed by atoms with van der Waals surface area (Å²) in [6.07, 6.45) is 3.72. The third-order valence-corrected chi connectivity index (χ3v) is 2.66. The number of amides is 1. The summed E-state index contributed by atoms with van der Waals surface area (Å²) in [4.78, 5) is 22.6. The van der Waals surface area contributed by atoms with Crippen molar-refractivity contribution in [3.8, 4) is 11.5 Å². The van der Waals surface area contributed by atoms with Crippen LogP contribution in [0.3, 0.4) is 0 Å². The van der Waals surface area contributed by atoms with Crippen LogP contribution in [0.2, 0.25) is 0 Å². The molecule has 0 spiro atoms. The zero-order valence-corrected chi connectivity index (χ0v) is 13.5. The minimum Gasteiger partial charge on any atom is -0.494 e. The molecule has 1 amide bonds. The fourth-order valence-corrected chi connectivity index (χ4v) is 1.61. The van der Waals surface area contributed by atoms with Gasteiger partial charge >= 0.3 is 5.97 Å². The second-order valence-electron chi connectivity index (χ2n) is 4.52. The Morgan fingerprint density at radius 1 is 1.09 bits per heavy atom. The van der Waals surface area contributed by atoms with Crippen LogP contribution in [0.25, 0.3) is 0 Å². The molecule has 1 aromatic carbocycles. The van der Waals surface area contributed by atoms with Crippen molar-refractivity contribution < 1.29 is 23.8 Å². The zero-order chi connectivity index (χ0) is 16.9. The topological polar surface area (TPSA) is 73.9 Å². The second-order valence-corrected chi connectivity index (χ2v) is 4.52. The fourth-order valence-electron chi connectivity index (χ4n) is 1.61. The van der Waals surface area contributed by atoms with Crippen molar-refractivity contribution in [3.05, 3.63) is 36.4 Å². The first kappa shape index (κ1) is 18.5. The van der Waals surface area contributed by atoms with Gasteiger partial charge in [-0.1, -0.05) is 13.0 Å². The van der Waals surface area contributed by atoms with Gasteiger partial charge < -0.3 is 19.5 Å². The number of esters is 1. The number of ether oxygens (including phenoxy) is 3. The van der Waals surface area contributed by atoms with Crippen LogP contribution in [0.5, 0.6) is 11.5 Å². The van der Waals surface area contributed by atoms with Gasteiger partial charge in [0.05, 0.1) is 13.2 Å². The molecule has 0 unspecified atom stereocenters. The van der Waals surface area contributed by atoms with E-state index in [0.29, 0.717) is 25.5 Å². The minimum absolute atomic E-state index is 0.296. The highest BCUT2D eigenvalue weighted by Gasteiger charge is 2.04. The molecule has 0 aromatic heterocycles. The van der Waals surface area contributed by atoms with E-state index in [0.717, 1.165) is 12.2 Å². The number of nitrogens with one attached hydrogen (secondary N) is 1.